The van der Waals surface area contributed by atoms with Crippen LogP contribution in [0, 0.1) is 10.1 Å². The summed E-state index contributed by atoms with van der Waals surface area (Å²) in [6, 6.07) is 22.9. The predicted molar refractivity (Wildman–Crippen MR) is 112 cm³/mol. The second-order valence-electron chi connectivity index (χ2n) is 7.71. The van der Waals surface area contributed by atoms with E-state index in [-0.39, 0.29) is 18.0 Å². The van der Waals surface area contributed by atoms with Gasteiger partial charge in [-0.05, 0) is 17.2 Å². The molecule has 0 bridgehead atoms. The third-order valence-electron chi connectivity index (χ3n) is 5.98. The van der Waals surface area contributed by atoms with E-state index in [9.17, 15) is 19.7 Å². The molecule has 2 aliphatic heterocycles. The summed E-state index contributed by atoms with van der Waals surface area (Å²) >= 11 is 0. The summed E-state index contributed by atoms with van der Waals surface area (Å²) in [6.07, 6.45) is 0.0249. The average molecular weight is 414 g/mol. The second-order valence-corrected chi connectivity index (χ2v) is 7.71. The molecule has 0 radical (unpaired) electrons. The fourth-order valence-corrected chi connectivity index (χ4v) is 4.59. The highest BCUT2D eigenvalue weighted by atomic mass is 16.6. The predicted octanol–water partition coefficient (Wildman–Crippen LogP) is 4.07. The number of amides is 1. The van der Waals surface area contributed by atoms with E-state index in [4.69, 9.17) is 4.74 Å². The minimum atomic E-state index is -1.47. The fraction of sp³-hybridized carbons (Fsp3) is 0.167. The van der Waals surface area contributed by atoms with Gasteiger partial charge in [-0.25, -0.2) is 0 Å². The van der Waals surface area contributed by atoms with E-state index in [1.165, 1.54) is 12.1 Å². The molecule has 2 heterocycles. The largest absolute Gasteiger partial charge is 0.443 e. The first kappa shape index (κ1) is 19.0. The molecule has 1 amide bonds. The molecule has 0 aromatic heterocycles. The molecule has 0 unspecified atom stereocenters. The van der Waals surface area contributed by atoms with Gasteiger partial charge in [0.2, 0.25) is 5.60 Å². The van der Waals surface area contributed by atoms with Crippen molar-refractivity contribution in [2.24, 2.45) is 0 Å². The van der Waals surface area contributed by atoms with Crippen molar-refractivity contribution in [1.82, 2.24) is 0 Å². The van der Waals surface area contributed by atoms with E-state index in [0.29, 0.717) is 23.4 Å². The lowest BCUT2D eigenvalue weighted by molar-refractivity contribution is -0.384. The molecule has 5 rings (SSSR count). The average Bonchev–Trinajstić information content (AvgIpc) is 3.25. The SMILES string of the molecule is O=C1C[C@@H](c2ccc([N+](=O)[O-])cc2)[C@@]2(O1)C(=O)N(Cc1ccccc1)c1ccccc12. The summed E-state index contributed by atoms with van der Waals surface area (Å²) in [5.74, 6) is -1.34. The number of nitrogens with zero attached hydrogens (tertiary/aromatic N) is 2. The number of nitro benzene ring substituents is 1. The maximum atomic E-state index is 13.8. The number of non-ortho nitro benzene ring substituents is 1. The number of hydrogen-bond donors (Lipinski definition) is 0. The number of para-hydroxylation sites is 1. The molecule has 1 saturated heterocycles. The van der Waals surface area contributed by atoms with Gasteiger partial charge >= 0.3 is 5.97 Å². The molecule has 1 spiro atoms. The lowest BCUT2D eigenvalue weighted by atomic mass is 9.78. The standard InChI is InChI=1S/C24H18N2O5/c27-22-14-20(17-10-12-18(13-11-17)26(29)30)24(31-22)19-8-4-5-9-21(19)25(23(24)28)15-16-6-2-1-3-7-16/h1-13,20H,14-15H2/t20-,24+/m0/s1. The monoisotopic (exact) mass is 414 g/mol. The number of carbonyl (C=O) groups is 2. The topological polar surface area (TPSA) is 89.7 Å². The van der Waals surface area contributed by atoms with Gasteiger partial charge in [-0.1, -0.05) is 60.7 Å². The highest BCUT2D eigenvalue weighted by Gasteiger charge is 2.63. The normalized spacial score (nSPS) is 21.9. The molecule has 0 N–H and O–H groups in total. The number of anilines is 1. The molecule has 1 fully saturated rings. The Bertz CT molecular complexity index is 1190. The van der Waals surface area contributed by atoms with Crippen LogP contribution in [0.25, 0.3) is 0 Å². The minimum Gasteiger partial charge on any atom is -0.443 e. The molecular formula is C24H18N2O5. The van der Waals surface area contributed by atoms with Gasteiger partial charge < -0.3 is 9.64 Å². The van der Waals surface area contributed by atoms with E-state index in [0.717, 1.165) is 5.56 Å². The van der Waals surface area contributed by atoms with Crippen LogP contribution < -0.4 is 4.90 Å². The van der Waals surface area contributed by atoms with Crippen LogP contribution in [0.15, 0.2) is 78.9 Å². The second kappa shape index (κ2) is 7.05. The zero-order valence-corrected chi connectivity index (χ0v) is 16.4. The third kappa shape index (κ3) is 2.89. The Labute approximate surface area is 178 Å². The van der Waals surface area contributed by atoms with Crippen molar-refractivity contribution in [3.05, 3.63) is 106 Å². The van der Waals surface area contributed by atoms with Gasteiger partial charge in [0.15, 0.2) is 0 Å². The number of fused-ring (bicyclic) bond motifs is 2. The van der Waals surface area contributed by atoms with E-state index in [1.807, 2.05) is 54.6 Å². The zero-order valence-electron chi connectivity index (χ0n) is 16.4. The fourth-order valence-electron chi connectivity index (χ4n) is 4.59. The van der Waals surface area contributed by atoms with Gasteiger partial charge in [0.1, 0.15) is 0 Å². The van der Waals surface area contributed by atoms with Crippen LogP contribution in [0.1, 0.15) is 29.0 Å². The van der Waals surface area contributed by atoms with Gasteiger partial charge in [-0.3, -0.25) is 19.7 Å². The molecule has 7 nitrogen and oxygen atoms in total. The van der Waals surface area contributed by atoms with Gasteiger partial charge in [-0.2, -0.15) is 0 Å². The molecule has 3 aromatic carbocycles. The Morgan fingerprint density at radius 1 is 0.968 bits per heavy atom. The number of rotatable bonds is 4. The molecule has 31 heavy (non-hydrogen) atoms. The summed E-state index contributed by atoms with van der Waals surface area (Å²) in [4.78, 5) is 38.5. The Kier molecular flexibility index (Phi) is 4.32. The summed E-state index contributed by atoms with van der Waals surface area (Å²) in [7, 11) is 0. The molecular weight excluding hydrogens is 396 g/mol. The lowest BCUT2D eigenvalue weighted by Gasteiger charge is -2.29. The van der Waals surface area contributed by atoms with Crippen molar-refractivity contribution in [2.75, 3.05) is 4.90 Å². The van der Waals surface area contributed by atoms with Gasteiger partial charge in [0, 0.05) is 23.6 Å². The zero-order chi connectivity index (χ0) is 21.6. The van der Waals surface area contributed by atoms with Crippen LogP contribution in [0.2, 0.25) is 0 Å². The third-order valence-corrected chi connectivity index (χ3v) is 5.98. The number of esters is 1. The Balaban J connectivity index is 1.61. The maximum absolute atomic E-state index is 13.8. The molecule has 154 valence electrons. The lowest BCUT2D eigenvalue weighted by Crippen LogP contribution is -2.43. The summed E-state index contributed by atoms with van der Waals surface area (Å²) in [5.41, 5.74) is 1.44. The van der Waals surface area contributed by atoms with Crippen molar-refractivity contribution in [3.63, 3.8) is 0 Å². The van der Waals surface area contributed by atoms with Crippen LogP contribution >= 0.6 is 0 Å². The minimum absolute atomic E-state index is 0.0249. The van der Waals surface area contributed by atoms with E-state index in [2.05, 4.69) is 0 Å². The van der Waals surface area contributed by atoms with Crippen molar-refractivity contribution in [1.29, 1.82) is 0 Å². The number of ether oxygens (including phenoxy) is 1. The van der Waals surface area contributed by atoms with Crippen molar-refractivity contribution in [2.45, 2.75) is 24.5 Å². The number of carbonyl (C=O) groups excluding carboxylic acids is 2. The maximum Gasteiger partial charge on any atom is 0.308 e. The number of nitro groups is 1. The van der Waals surface area contributed by atoms with Crippen LogP contribution in [-0.2, 0) is 26.5 Å². The summed E-state index contributed by atoms with van der Waals surface area (Å²) in [6.45, 7) is 0.350. The smallest absolute Gasteiger partial charge is 0.308 e. The van der Waals surface area contributed by atoms with E-state index in [1.54, 1.807) is 17.0 Å². The Hall–Kier alpha value is -4.00. The molecule has 0 saturated carbocycles. The number of benzene rings is 3. The van der Waals surface area contributed by atoms with Crippen molar-refractivity contribution < 1.29 is 19.2 Å². The molecule has 2 aliphatic rings. The van der Waals surface area contributed by atoms with Gasteiger partial charge in [0.25, 0.3) is 11.6 Å². The van der Waals surface area contributed by atoms with Gasteiger partial charge in [0.05, 0.1) is 23.6 Å². The molecule has 2 atom stereocenters. The molecule has 0 aliphatic carbocycles. The summed E-state index contributed by atoms with van der Waals surface area (Å²) < 4.78 is 5.80. The van der Waals surface area contributed by atoms with Crippen LogP contribution in [0.3, 0.4) is 0 Å². The first-order chi connectivity index (χ1) is 15.0. The highest BCUT2D eigenvalue weighted by molar-refractivity contribution is 6.10. The Morgan fingerprint density at radius 3 is 2.35 bits per heavy atom. The molecule has 7 heteroatoms. The Morgan fingerprint density at radius 2 is 1.65 bits per heavy atom. The highest BCUT2D eigenvalue weighted by Crippen LogP contribution is 2.55. The van der Waals surface area contributed by atoms with Crippen LogP contribution in [0.4, 0.5) is 11.4 Å². The van der Waals surface area contributed by atoms with E-state index >= 15 is 0 Å². The first-order valence-electron chi connectivity index (χ1n) is 9.92. The van der Waals surface area contributed by atoms with Crippen molar-refractivity contribution >= 4 is 23.3 Å². The van der Waals surface area contributed by atoms with Crippen molar-refractivity contribution in [3.8, 4) is 0 Å². The van der Waals surface area contributed by atoms with Gasteiger partial charge in [-0.15, -0.1) is 0 Å². The summed E-state index contributed by atoms with van der Waals surface area (Å²) in [5, 5.41) is 11.0. The van der Waals surface area contributed by atoms with E-state index < -0.39 is 22.4 Å². The molecule has 3 aromatic rings. The first-order valence-corrected chi connectivity index (χ1v) is 9.92. The quantitative estimate of drug-likeness (QED) is 0.365. The number of hydrogen-bond acceptors (Lipinski definition) is 5. The van der Waals surface area contributed by atoms with Crippen LogP contribution in [0.5, 0.6) is 0 Å². The van der Waals surface area contributed by atoms with Crippen LogP contribution in [-0.4, -0.2) is 16.8 Å².